The van der Waals surface area contributed by atoms with Gasteiger partial charge >= 0.3 is 0 Å². The van der Waals surface area contributed by atoms with Gasteiger partial charge in [-0.3, -0.25) is 29.6 Å². The number of carbonyl (C=O) groups excluding carboxylic acids is 3. The smallest absolute Gasteiger partial charge is 0.255 e. The average molecular weight is 433 g/mol. The minimum atomic E-state index is -0.593. The molecule has 7 heteroatoms. The number of piperidine rings is 2. The second kappa shape index (κ2) is 8.47. The Bertz CT molecular complexity index is 1070. The van der Waals surface area contributed by atoms with Crippen molar-refractivity contribution >= 4 is 17.7 Å². The number of amides is 3. The van der Waals surface area contributed by atoms with E-state index in [1.54, 1.807) is 4.90 Å². The molecule has 1 unspecified atom stereocenters. The number of likely N-dealkylation sites (tertiary alicyclic amines) is 1. The summed E-state index contributed by atoms with van der Waals surface area (Å²) in [5.41, 5.74) is 4.62. The van der Waals surface area contributed by atoms with Crippen LogP contribution in [0, 0.1) is 5.92 Å². The molecule has 3 aliphatic heterocycles. The Balaban J connectivity index is 1.33. The van der Waals surface area contributed by atoms with Gasteiger partial charge in [0.1, 0.15) is 6.04 Å². The van der Waals surface area contributed by atoms with E-state index in [1.165, 1.54) is 18.4 Å². The summed E-state index contributed by atoms with van der Waals surface area (Å²) >= 11 is 0. The number of hydrogen-bond donors (Lipinski definition) is 1. The fraction of sp³-hybridized carbons (Fsp3) is 0.440. The van der Waals surface area contributed by atoms with Crippen LogP contribution in [0.1, 0.15) is 54.1 Å². The van der Waals surface area contributed by atoms with Crippen LogP contribution in [0.2, 0.25) is 0 Å². The van der Waals surface area contributed by atoms with Crippen LogP contribution < -0.4 is 5.32 Å². The number of hydrogen-bond acceptors (Lipinski definition) is 5. The van der Waals surface area contributed by atoms with Gasteiger partial charge < -0.3 is 4.90 Å². The summed E-state index contributed by atoms with van der Waals surface area (Å²) in [6.45, 7) is 5.89. The molecule has 7 nitrogen and oxygen atoms in total. The molecule has 32 heavy (non-hydrogen) atoms. The second-order valence-electron chi connectivity index (χ2n) is 9.28. The molecule has 2 fully saturated rings. The van der Waals surface area contributed by atoms with Crippen LogP contribution in [0.25, 0.3) is 11.3 Å². The number of pyridine rings is 1. The van der Waals surface area contributed by atoms with Gasteiger partial charge in [0, 0.05) is 36.8 Å². The quantitative estimate of drug-likeness (QED) is 0.752. The Kier molecular flexibility index (Phi) is 5.51. The van der Waals surface area contributed by atoms with Crippen molar-refractivity contribution in [2.75, 3.05) is 13.1 Å². The predicted octanol–water partition coefficient (Wildman–Crippen LogP) is 2.74. The number of carbonyl (C=O) groups is 3. The highest BCUT2D eigenvalue weighted by molar-refractivity contribution is 6.05. The van der Waals surface area contributed by atoms with Crippen LogP contribution in [0.5, 0.6) is 0 Å². The zero-order valence-electron chi connectivity index (χ0n) is 18.3. The SMILES string of the molecule is CC1CCN(Cc2ccnc(-c3ccc4c(c3)CN(C3CCC(=O)NC3=O)C4=O)c2)CC1. The van der Waals surface area contributed by atoms with Crippen molar-refractivity contribution in [1.29, 1.82) is 0 Å². The van der Waals surface area contributed by atoms with Gasteiger partial charge in [-0.05, 0) is 73.7 Å². The van der Waals surface area contributed by atoms with E-state index in [0.29, 0.717) is 18.5 Å². The summed E-state index contributed by atoms with van der Waals surface area (Å²) in [5.74, 6) is 0.00187. The molecular weight excluding hydrogens is 404 g/mol. The first-order valence-corrected chi connectivity index (χ1v) is 11.4. The van der Waals surface area contributed by atoms with E-state index >= 15 is 0 Å². The van der Waals surface area contributed by atoms with Crippen molar-refractivity contribution in [2.24, 2.45) is 5.92 Å². The molecule has 1 atom stereocenters. The molecule has 166 valence electrons. The maximum absolute atomic E-state index is 12.9. The van der Waals surface area contributed by atoms with Crippen molar-refractivity contribution < 1.29 is 14.4 Å². The molecule has 0 aliphatic carbocycles. The lowest BCUT2D eigenvalue weighted by Crippen LogP contribution is -2.52. The predicted molar refractivity (Wildman–Crippen MR) is 119 cm³/mol. The molecule has 0 radical (unpaired) electrons. The van der Waals surface area contributed by atoms with Crippen LogP contribution in [-0.4, -0.2) is 51.6 Å². The highest BCUT2D eigenvalue weighted by Crippen LogP contribution is 2.31. The van der Waals surface area contributed by atoms with E-state index in [2.05, 4.69) is 34.3 Å². The summed E-state index contributed by atoms with van der Waals surface area (Å²) in [7, 11) is 0. The van der Waals surface area contributed by atoms with Crippen molar-refractivity contribution in [3.8, 4) is 11.3 Å². The zero-order valence-corrected chi connectivity index (χ0v) is 18.3. The topological polar surface area (TPSA) is 82.6 Å². The highest BCUT2D eigenvalue weighted by Gasteiger charge is 2.39. The van der Waals surface area contributed by atoms with E-state index in [-0.39, 0.29) is 24.1 Å². The summed E-state index contributed by atoms with van der Waals surface area (Å²) in [6.07, 6.45) is 4.98. The standard InChI is InChI=1S/C25H28N4O3/c1-16-7-10-28(11-8-16)14-17-6-9-26-21(12-17)18-2-3-20-19(13-18)15-29(25(20)32)22-4-5-23(30)27-24(22)31/h2-3,6,9,12-13,16,22H,4-5,7-8,10-11,14-15H2,1H3,(H,27,30,31). The maximum Gasteiger partial charge on any atom is 0.255 e. The number of rotatable bonds is 4. The number of imide groups is 1. The summed E-state index contributed by atoms with van der Waals surface area (Å²) in [6, 6.07) is 9.38. The van der Waals surface area contributed by atoms with Crippen LogP contribution >= 0.6 is 0 Å². The Morgan fingerprint density at radius 3 is 2.66 bits per heavy atom. The molecule has 1 aromatic carbocycles. The Labute approximate surface area is 187 Å². The molecule has 2 aromatic rings. The van der Waals surface area contributed by atoms with E-state index in [4.69, 9.17) is 0 Å². The lowest BCUT2D eigenvalue weighted by molar-refractivity contribution is -0.136. The van der Waals surface area contributed by atoms with Gasteiger partial charge in [0.15, 0.2) is 0 Å². The third kappa shape index (κ3) is 4.05. The van der Waals surface area contributed by atoms with Crippen molar-refractivity contribution in [1.82, 2.24) is 20.1 Å². The van der Waals surface area contributed by atoms with Gasteiger partial charge in [0.25, 0.3) is 5.91 Å². The maximum atomic E-state index is 12.9. The largest absolute Gasteiger partial charge is 0.322 e. The Morgan fingerprint density at radius 2 is 1.88 bits per heavy atom. The van der Waals surface area contributed by atoms with Crippen LogP contribution in [0.3, 0.4) is 0 Å². The molecular formula is C25H28N4O3. The van der Waals surface area contributed by atoms with Gasteiger partial charge in [-0.15, -0.1) is 0 Å². The number of benzene rings is 1. The van der Waals surface area contributed by atoms with E-state index in [1.807, 2.05) is 24.4 Å². The highest BCUT2D eigenvalue weighted by atomic mass is 16.2. The first kappa shape index (κ1) is 20.8. The lowest BCUT2D eigenvalue weighted by atomic mass is 9.98. The third-order valence-electron chi connectivity index (χ3n) is 6.93. The van der Waals surface area contributed by atoms with Crippen molar-refractivity contribution in [2.45, 2.75) is 51.7 Å². The van der Waals surface area contributed by atoms with Gasteiger partial charge in [-0.25, -0.2) is 0 Å². The zero-order chi connectivity index (χ0) is 22.2. The molecule has 1 aromatic heterocycles. The fourth-order valence-corrected chi connectivity index (χ4v) is 4.94. The Hall–Kier alpha value is -3.06. The molecule has 3 amide bonds. The number of fused-ring (bicyclic) bond motifs is 1. The number of nitrogens with one attached hydrogen (secondary N) is 1. The fourth-order valence-electron chi connectivity index (χ4n) is 4.94. The number of aromatic nitrogens is 1. The summed E-state index contributed by atoms with van der Waals surface area (Å²) in [5, 5.41) is 2.35. The van der Waals surface area contributed by atoms with E-state index in [0.717, 1.165) is 42.4 Å². The monoisotopic (exact) mass is 432 g/mol. The molecule has 1 N–H and O–H groups in total. The normalized spacial score (nSPS) is 22.2. The first-order valence-electron chi connectivity index (χ1n) is 11.4. The van der Waals surface area contributed by atoms with Crippen LogP contribution in [-0.2, 0) is 22.7 Å². The van der Waals surface area contributed by atoms with Crippen LogP contribution in [0.4, 0.5) is 0 Å². The van der Waals surface area contributed by atoms with Gasteiger partial charge in [-0.1, -0.05) is 13.0 Å². The van der Waals surface area contributed by atoms with Gasteiger partial charge in [0.05, 0.1) is 5.69 Å². The first-order chi connectivity index (χ1) is 15.5. The summed E-state index contributed by atoms with van der Waals surface area (Å²) < 4.78 is 0. The molecule has 2 saturated heterocycles. The number of nitrogens with zero attached hydrogens (tertiary/aromatic N) is 3. The Morgan fingerprint density at radius 1 is 1.06 bits per heavy atom. The average Bonchev–Trinajstić information content (AvgIpc) is 3.11. The van der Waals surface area contributed by atoms with Gasteiger partial charge in [0.2, 0.25) is 11.8 Å². The molecule has 0 saturated carbocycles. The third-order valence-corrected chi connectivity index (χ3v) is 6.93. The van der Waals surface area contributed by atoms with E-state index < -0.39 is 6.04 Å². The second-order valence-corrected chi connectivity index (χ2v) is 9.28. The minimum Gasteiger partial charge on any atom is -0.322 e. The summed E-state index contributed by atoms with van der Waals surface area (Å²) in [4.78, 5) is 45.3. The van der Waals surface area contributed by atoms with Crippen molar-refractivity contribution in [3.63, 3.8) is 0 Å². The molecule has 3 aliphatic rings. The van der Waals surface area contributed by atoms with E-state index in [9.17, 15) is 14.4 Å². The molecule has 0 spiro atoms. The molecule has 0 bridgehead atoms. The minimum absolute atomic E-state index is 0.151. The lowest BCUT2D eigenvalue weighted by Gasteiger charge is -2.30. The molecule has 5 rings (SSSR count). The molecule has 4 heterocycles. The van der Waals surface area contributed by atoms with Gasteiger partial charge in [-0.2, -0.15) is 0 Å². The van der Waals surface area contributed by atoms with Crippen LogP contribution in [0.15, 0.2) is 36.5 Å². The van der Waals surface area contributed by atoms with Crippen molar-refractivity contribution in [3.05, 3.63) is 53.2 Å².